The van der Waals surface area contributed by atoms with E-state index in [2.05, 4.69) is 27.5 Å². The normalized spacial score (nSPS) is 10.6. The number of rotatable bonds is 4. The number of benzene rings is 2. The summed E-state index contributed by atoms with van der Waals surface area (Å²) in [6, 6.07) is 12.7. The van der Waals surface area contributed by atoms with Crippen LogP contribution >= 0.6 is 15.9 Å². The third-order valence-electron chi connectivity index (χ3n) is 3.03. The third-order valence-corrected chi connectivity index (χ3v) is 3.52. The molecule has 0 N–H and O–H groups in total. The van der Waals surface area contributed by atoms with Gasteiger partial charge in [-0.25, -0.2) is 9.78 Å². The van der Waals surface area contributed by atoms with Crippen molar-refractivity contribution in [2.45, 2.75) is 0 Å². The third kappa shape index (κ3) is 2.94. The molecule has 0 aliphatic heterocycles. The summed E-state index contributed by atoms with van der Waals surface area (Å²) in [5.41, 5.74) is 2.53. The van der Waals surface area contributed by atoms with E-state index in [1.54, 1.807) is 18.2 Å². The maximum absolute atomic E-state index is 11.8. The number of hydrogen-bond donors (Lipinski definition) is 0. The number of fused-ring (bicyclic) bond motifs is 1. The van der Waals surface area contributed by atoms with Crippen molar-refractivity contribution in [3.05, 3.63) is 65.2 Å². The molecule has 0 saturated carbocycles. The van der Waals surface area contributed by atoms with E-state index < -0.39 is 5.97 Å². The van der Waals surface area contributed by atoms with E-state index in [9.17, 15) is 4.79 Å². The Morgan fingerprint density at radius 1 is 1.32 bits per heavy atom. The van der Waals surface area contributed by atoms with Crippen molar-refractivity contribution in [3.8, 4) is 11.5 Å². The molecular weight excluding hydrogens is 346 g/mol. The minimum atomic E-state index is -0.409. The van der Waals surface area contributed by atoms with E-state index in [1.807, 2.05) is 24.3 Å². The Kier molecular flexibility index (Phi) is 4.06. The largest absolute Gasteiger partial charge is 0.458 e. The lowest BCUT2D eigenvalue weighted by Crippen LogP contribution is -2.04. The van der Waals surface area contributed by atoms with Gasteiger partial charge in [0.2, 0.25) is 5.89 Å². The van der Waals surface area contributed by atoms with Gasteiger partial charge in [0.05, 0.1) is 5.56 Å². The molecular formula is C17H12BrNO3. The molecule has 1 heterocycles. The second-order valence-electron chi connectivity index (χ2n) is 4.60. The Labute approximate surface area is 135 Å². The van der Waals surface area contributed by atoms with Crippen molar-refractivity contribution in [2.24, 2.45) is 0 Å². The summed E-state index contributed by atoms with van der Waals surface area (Å²) in [6.07, 6.45) is 1.53. The van der Waals surface area contributed by atoms with E-state index in [0.717, 1.165) is 10.0 Å². The minimum absolute atomic E-state index is 0.180. The van der Waals surface area contributed by atoms with Gasteiger partial charge in [-0.3, -0.25) is 0 Å². The van der Waals surface area contributed by atoms with Crippen molar-refractivity contribution >= 4 is 33.0 Å². The Bertz CT molecular complexity index is 854. The van der Waals surface area contributed by atoms with Crippen molar-refractivity contribution in [1.82, 2.24) is 4.98 Å². The predicted molar refractivity (Wildman–Crippen MR) is 87.6 cm³/mol. The number of ether oxygens (including phenoxy) is 1. The smallest absolute Gasteiger partial charge is 0.338 e. The fourth-order valence-electron chi connectivity index (χ4n) is 2.02. The van der Waals surface area contributed by atoms with Gasteiger partial charge in [-0.2, -0.15) is 0 Å². The van der Waals surface area contributed by atoms with Crippen LogP contribution in [0, 0.1) is 0 Å². The number of oxazole rings is 1. The Morgan fingerprint density at radius 3 is 2.95 bits per heavy atom. The van der Waals surface area contributed by atoms with Gasteiger partial charge in [0.15, 0.2) is 5.58 Å². The Balaban J connectivity index is 1.96. The van der Waals surface area contributed by atoms with Gasteiger partial charge in [-0.15, -0.1) is 0 Å². The Hall–Kier alpha value is -2.40. The molecule has 0 bridgehead atoms. The number of esters is 1. The minimum Gasteiger partial charge on any atom is -0.458 e. The number of nitrogens with zero attached hydrogens (tertiary/aromatic N) is 1. The van der Waals surface area contributed by atoms with Crippen LogP contribution in [0.5, 0.6) is 0 Å². The van der Waals surface area contributed by atoms with Crippen molar-refractivity contribution in [1.29, 1.82) is 0 Å². The lowest BCUT2D eigenvalue weighted by molar-refractivity contribution is 0.0550. The van der Waals surface area contributed by atoms with E-state index >= 15 is 0 Å². The molecule has 0 spiro atoms. The zero-order valence-corrected chi connectivity index (χ0v) is 13.2. The van der Waals surface area contributed by atoms with Crippen molar-refractivity contribution < 1.29 is 13.9 Å². The van der Waals surface area contributed by atoms with Gasteiger partial charge in [-0.05, 0) is 36.4 Å². The highest BCUT2D eigenvalue weighted by molar-refractivity contribution is 9.10. The first-order chi connectivity index (χ1) is 10.7. The standard InChI is InChI=1S/C17H12BrNO3/c1-2-8-21-17(20)12-6-7-15-14(10-12)19-16(22-15)11-4-3-5-13(18)9-11/h2-7,9-10H,1,8H2. The molecule has 0 unspecified atom stereocenters. The first-order valence-corrected chi connectivity index (χ1v) is 7.41. The lowest BCUT2D eigenvalue weighted by Gasteiger charge is -2.00. The highest BCUT2D eigenvalue weighted by atomic mass is 79.9. The van der Waals surface area contributed by atoms with Gasteiger partial charge in [-0.1, -0.05) is 34.7 Å². The zero-order valence-electron chi connectivity index (χ0n) is 11.6. The van der Waals surface area contributed by atoms with E-state index in [1.165, 1.54) is 6.08 Å². The van der Waals surface area contributed by atoms with Gasteiger partial charge >= 0.3 is 5.97 Å². The van der Waals surface area contributed by atoms with Crippen LogP contribution in [-0.4, -0.2) is 17.6 Å². The molecule has 0 atom stereocenters. The summed E-state index contributed by atoms with van der Waals surface area (Å²) in [4.78, 5) is 16.3. The number of aromatic nitrogens is 1. The molecule has 0 aliphatic rings. The molecule has 2 aromatic carbocycles. The van der Waals surface area contributed by atoms with Crippen molar-refractivity contribution in [2.75, 3.05) is 6.61 Å². The molecule has 3 rings (SSSR count). The van der Waals surface area contributed by atoms with Crippen LogP contribution < -0.4 is 0 Å². The fourth-order valence-corrected chi connectivity index (χ4v) is 2.42. The second-order valence-corrected chi connectivity index (χ2v) is 5.51. The monoisotopic (exact) mass is 357 g/mol. The number of hydrogen-bond acceptors (Lipinski definition) is 4. The van der Waals surface area contributed by atoms with E-state index in [0.29, 0.717) is 22.6 Å². The highest BCUT2D eigenvalue weighted by Crippen LogP contribution is 2.26. The summed E-state index contributed by atoms with van der Waals surface area (Å²) in [6.45, 7) is 3.69. The first-order valence-electron chi connectivity index (χ1n) is 6.62. The van der Waals surface area contributed by atoms with Gasteiger partial charge < -0.3 is 9.15 Å². The summed E-state index contributed by atoms with van der Waals surface area (Å²) in [7, 11) is 0. The summed E-state index contributed by atoms with van der Waals surface area (Å²) in [5.74, 6) is 0.0988. The molecule has 0 saturated heterocycles. The molecule has 1 aromatic heterocycles. The summed E-state index contributed by atoms with van der Waals surface area (Å²) < 4.78 is 11.7. The summed E-state index contributed by atoms with van der Waals surface area (Å²) in [5, 5.41) is 0. The van der Waals surface area contributed by atoms with Gasteiger partial charge in [0.25, 0.3) is 0 Å². The van der Waals surface area contributed by atoms with Crippen LogP contribution in [0.15, 0.2) is 64.0 Å². The second kappa shape index (κ2) is 6.15. The van der Waals surface area contributed by atoms with Crippen molar-refractivity contribution in [3.63, 3.8) is 0 Å². The average Bonchev–Trinajstić information content (AvgIpc) is 2.95. The van der Waals surface area contributed by atoms with Gasteiger partial charge in [0, 0.05) is 10.0 Å². The fraction of sp³-hybridized carbons (Fsp3) is 0.0588. The highest BCUT2D eigenvalue weighted by Gasteiger charge is 2.12. The maximum atomic E-state index is 11.8. The lowest BCUT2D eigenvalue weighted by atomic mass is 10.2. The molecule has 22 heavy (non-hydrogen) atoms. The van der Waals surface area contributed by atoms with Gasteiger partial charge in [0.1, 0.15) is 12.1 Å². The molecule has 5 heteroatoms. The predicted octanol–water partition coefficient (Wildman–Crippen LogP) is 4.60. The number of halogens is 1. The SMILES string of the molecule is C=CCOC(=O)c1ccc2oc(-c3cccc(Br)c3)nc2c1. The van der Waals surface area contributed by atoms with Crippen LogP contribution in [0.2, 0.25) is 0 Å². The van der Waals surface area contributed by atoms with E-state index in [-0.39, 0.29) is 6.61 Å². The topological polar surface area (TPSA) is 52.3 Å². The van der Waals surface area contributed by atoms with Crippen LogP contribution in [0.3, 0.4) is 0 Å². The molecule has 4 nitrogen and oxygen atoms in total. The van der Waals surface area contributed by atoms with Crippen LogP contribution in [0.4, 0.5) is 0 Å². The Morgan fingerprint density at radius 2 is 2.18 bits per heavy atom. The summed E-state index contributed by atoms with van der Waals surface area (Å²) >= 11 is 3.42. The molecule has 0 aliphatic carbocycles. The molecule has 0 amide bonds. The first kappa shape index (κ1) is 14.5. The maximum Gasteiger partial charge on any atom is 0.338 e. The zero-order chi connectivity index (χ0) is 15.5. The molecule has 0 fully saturated rings. The number of carbonyl (C=O) groups is 1. The van der Waals surface area contributed by atoms with Crippen LogP contribution in [0.25, 0.3) is 22.6 Å². The van der Waals surface area contributed by atoms with E-state index in [4.69, 9.17) is 9.15 Å². The quantitative estimate of drug-likeness (QED) is 0.505. The average molecular weight is 358 g/mol. The number of carbonyl (C=O) groups excluding carboxylic acids is 1. The molecule has 3 aromatic rings. The molecule has 110 valence electrons. The molecule has 0 radical (unpaired) electrons. The van der Waals surface area contributed by atoms with Crippen LogP contribution in [0.1, 0.15) is 10.4 Å². The van der Waals surface area contributed by atoms with Crippen LogP contribution in [-0.2, 0) is 4.74 Å².